The summed E-state index contributed by atoms with van der Waals surface area (Å²) in [5, 5.41) is 7.76. The van der Waals surface area contributed by atoms with Gasteiger partial charge in [-0.2, -0.15) is 0 Å². The van der Waals surface area contributed by atoms with E-state index in [4.69, 9.17) is 4.74 Å². The summed E-state index contributed by atoms with van der Waals surface area (Å²) < 4.78 is 5.46. The van der Waals surface area contributed by atoms with Crippen LogP contribution in [0.3, 0.4) is 0 Å². The molecule has 26 heavy (non-hydrogen) atoms. The van der Waals surface area contributed by atoms with Gasteiger partial charge in [-0.3, -0.25) is 0 Å². The first-order chi connectivity index (χ1) is 12.0. The zero-order chi connectivity index (χ0) is 18.2. The number of hydrogen-bond donors (Lipinski definition) is 2. The molecule has 1 heterocycles. The zero-order valence-electron chi connectivity index (χ0n) is 16.1. The summed E-state index contributed by atoms with van der Waals surface area (Å²) in [6, 6.07) is 8.14. The van der Waals surface area contributed by atoms with Gasteiger partial charge in [0, 0.05) is 23.9 Å². The molecule has 0 amide bonds. The standard InChI is InChI=1S/C19H28N4OS.HI/c1-6-20-19(22-12-18-23-14(3)15(4)25-18)21-11-13(2)16-9-7-8-10-17(16)24-5;/h7-10,13H,6,11-12H2,1-5H3,(H2,20,21,22);1H. The van der Waals surface area contributed by atoms with Crippen LogP contribution in [0.2, 0.25) is 0 Å². The van der Waals surface area contributed by atoms with Gasteiger partial charge >= 0.3 is 0 Å². The maximum Gasteiger partial charge on any atom is 0.191 e. The first-order valence-electron chi connectivity index (χ1n) is 8.63. The van der Waals surface area contributed by atoms with E-state index in [1.165, 1.54) is 10.4 Å². The van der Waals surface area contributed by atoms with Gasteiger partial charge in [0.2, 0.25) is 0 Å². The van der Waals surface area contributed by atoms with E-state index in [9.17, 15) is 0 Å². The normalized spacial score (nSPS) is 12.3. The lowest BCUT2D eigenvalue weighted by molar-refractivity contribution is 0.406. The minimum Gasteiger partial charge on any atom is -0.496 e. The van der Waals surface area contributed by atoms with E-state index in [0.717, 1.165) is 35.5 Å². The van der Waals surface area contributed by atoms with Crippen molar-refractivity contribution in [2.24, 2.45) is 4.99 Å². The van der Waals surface area contributed by atoms with Crippen molar-refractivity contribution in [3.05, 3.63) is 45.4 Å². The molecule has 2 aromatic rings. The molecule has 2 N–H and O–H groups in total. The second-order valence-electron chi connectivity index (χ2n) is 5.97. The summed E-state index contributed by atoms with van der Waals surface area (Å²) in [4.78, 5) is 10.5. The van der Waals surface area contributed by atoms with E-state index in [2.05, 4.69) is 47.4 Å². The van der Waals surface area contributed by atoms with Crippen molar-refractivity contribution in [1.82, 2.24) is 15.6 Å². The second-order valence-corrected chi connectivity index (χ2v) is 7.26. The molecule has 5 nitrogen and oxygen atoms in total. The zero-order valence-corrected chi connectivity index (χ0v) is 19.3. The minimum atomic E-state index is 0. The lowest BCUT2D eigenvalue weighted by atomic mass is 10.0. The molecule has 0 aliphatic rings. The van der Waals surface area contributed by atoms with Crippen LogP contribution in [-0.2, 0) is 6.54 Å². The van der Waals surface area contributed by atoms with Gasteiger partial charge in [0.05, 0.1) is 19.3 Å². The van der Waals surface area contributed by atoms with Crippen LogP contribution in [0.4, 0.5) is 0 Å². The highest BCUT2D eigenvalue weighted by atomic mass is 127. The Labute approximate surface area is 177 Å². The first kappa shape index (κ1) is 22.7. The number of aliphatic imine (C=N–C) groups is 1. The fraction of sp³-hybridized carbons (Fsp3) is 0.474. The van der Waals surface area contributed by atoms with Gasteiger partial charge in [0.1, 0.15) is 10.8 Å². The van der Waals surface area contributed by atoms with Crippen LogP contribution in [-0.4, -0.2) is 31.1 Å². The van der Waals surface area contributed by atoms with E-state index in [1.807, 2.05) is 25.1 Å². The molecule has 1 aromatic heterocycles. The SMILES string of the molecule is CCNC(=NCc1nc(C)c(C)s1)NCC(C)c1ccccc1OC.I. The monoisotopic (exact) mass is 488 g/mol. The summed E-state index contributed by atoms with van der Waals surface area (Å²) in [6.45, 7) is 10.6. The number of ether oxygens (including phenoxy) is 1. The van der Waals surface area contributed by atoms with Crippen LogP contribution in [0.25, 0.3) is 0 Å². The third kappa shape index (κ3) is 6.42. The number of aromatic nitrogens is 1. The molecular formula is C19H29IN4OS. The van der Waals surface area contributed by atoms with Crippen molar-refractivity contribution in [1.29, 1.82) is 0 Å². The average molecular weight is 488 g/mol. The molecule has 2 rings (SSSR count). The number of halogens is 1. The maximum absolute atomic E-state index is 5.46. The van der Waals surface area contributed by atoms with Crippen LogP contribution in [0, 0.1) is 13.8 Å². The molecule has 144 valence electrons. The number of thiazole rings is 1. The average Bonchev–Trinajstić information content (AvgIpc) is 2.95. The van der Waals surface area contributed by atoms with E-state index in [1.54, 1.807) is 18.4 Å². The lowest BCUT2D eigenvalue weighted by Gasteiger charge is -2.18. The Hall–Kier alpha value is -1.35. The van der Waals surface area contributed by atoms with Gasteiger partial charge in [-0.15, -0.1) is 35.3 Å². The highest BCUT2D eigenvalue weighted by molar-refractivity contribution is 14.0. The summed E-state index contributed by atoms with van der Waals surface area (Å²) in [6.07, 6.45) is 0. The second kappa shape index (κ2) is 11.4. The van der Waals surface area contributed by atoms with Crippen LogP contribution < -0.4 is 15.4 Å². The maximum atomic E-state index is 5.46. The molecular weight excluding hydrogens is 459 g/mol. The van der Waals surface area contributed by atoms with Gasteiger partial charge in [-0.25, -0.2) is 9.98 Å². The predicted octanol–water partition coefficient (Wildman–Crippen LogP) is 4.25. The number of hydrogen-bond acceptors (Lipinski definition) is 4. The van der Waals surface area contributed by atoms with Crippen molar-refractivity contribution in [3.8, 4) is 5.75 Å². The molecule has 0 spiro atoms. The van der Waals surface area contributed by atoms with Crippen LogP contribution in [0.15, 0.2) is 29.3 Å². The molecule has 0 saturated carbocycles. The van der Waals surface area contributed by atoms with Crippen molar-refractivity contribution in [2.45, 2.75) is 40.2 Å². The summed E-state index contributed by atoms with van der Waals surface area (Å²) >= 11 is 1.71. The number of guanidine groups is 1. The van der Waals surface area contributed by atoms with E-state index >= 15 is 0 Å². The van der Waals surface area contributed by atoms with Gasteiger partial charge in [-0.05, 0) is 32.4 Å². The molecule has 7 heteroatoms. The number of nitrogens with zero attached hydrogens (tertiary/aromatic N) is 2. The summed E-state index contributed by atoms with van der Waals surface area (Å²) in [7, 11) is 1.71. The van der Waals surface area contributed by atoms with Crippen molar-refractivity contribution < 1.29 is 4.74 Å². The third-order valence-electron chi connectivity index (χ3n) is 4.04. The van der Waals surface area contributed by atoms with E-state index < -0.39 is 0 Å². The molecule has 1 unspecified atom stereocenters. The lowest BCUT2D eigenvalue weighted by Crippen LogP contribution is -2.39. The molecule has 0 aliphatic heterocycles. The van der Waals surface area contributed by atoms with Crippen LogP contribution >= 0.6 is 35.3 Å². The number of methoxy groups -OCH3 is 1. The molecule has 0 fully saturated rings. The Morgan fingerprint density at radius 2 is 2.00 bits per heavy atom. The molecule has 0 radical (unpaired) electrons. The number of nitrogens with one attached hydrogen (secondary N) is 2. The van der Waals surface area contributed by atoms with Gasteiger partial charge in [0.25, 0.3) is 0 Å². The fourth-order valence-electron chi connectivity index (χ4n) is 2.53. The minimum absolute atomic E-state index is 0. The number of para-hydroxylation sites is 1. The first-order valence-corrected chi connectivity index (χ1v) is 9.44. The summed E-state index contributed by atoms with van der Waals surface area (Å²) in [5.74, 6) is 2.05. The summed E-state index contributed by atoms with van der Waals surface area (Å²) in [5.41, 5.74) is 2.29. The largest absolute Gasteiger partial charge is 0.496 e. The molecule has 0 saturated heterocycles. The molecule has 0 bridgehead atoms. The van der Waals surface area contributed by atoms with Crippen molar-refractivity contribution in [3.63, 3.8) is 0 Å². The Morgan fingerprint density at radius 1 is 1.27 bits per heavy atom. The number of rotatable bonds is 7. The van der Waals surface area contributed by atoms with Crippen molar-refractivity contribution in [2.75, 3.05) is 20.2 Å². The van der Waals surface area contributed by atoms with Crippen LogP contribution in [0.1, 0.15) is 40.9 Å². The predicted molar refractivity (Wildman–Crippen MR) is 121 cm³/mol. The third-order valence-corrected chi connectivity index (χ3v) is 5.09. The molecule has 0 aliphatic carbocycles. The molecule has 1 aromatic carbocycles. The van der Waals surface area contributed by atoms with Gasteiger partial charge in [-0.1, -0.05) is 25.1 Å². The highest BCUT2D eigenvalue weighted by Gasteiger charge is 2.11. The van der Waals surface area contributed by atoms with E-state index in [0.29, 0.717) is 12.5 Å². The van der Waals surface area contributed by atoms with E-state index in [-0.39, 0.29) is 24.0 Å². The van der Waals surface area contributed by atoms with Gasteiger partial charge < -0.3 is 15.4 Å². The fourth-order valence-corrected chi connectivity index (χ4v) is 3.39. The Morgan fingerprint density at radius 3 is 2.62 bits per heavy atom. The van der Waals surface area contributed by atoms with Crippen molar-refractivity contribution >= 4 is 41.3 Å². The smallest absolute Gasteiger partial charge is 0.191 e. The van der Waals surface area contributed by atoms with Crippen LogP contribution in [0.5, 0.6) is 5.75 Å². The Balaban J connectivity index is 0.00000338. The quantitative estimate of drug-likeness (QED) is 0.348. The number of benzene rings is 1. The Kier molecular flexibility index (Phi) is 9.93. The number of aryl methyl sites for hydroxylation is 2. The van der Waals surface area contributed by atoms with Gasteiger partial charge in [0.15, 0.2) is 5.96 Å². The Bertz CT molecular complexity index is 698. The molecule has 1 atom stereocenters. The highest BCUT2D eigenvalue weighted by Crippen LogP contribution is 2.25. The topological polar surface area (TPSA) is 58.5 Å².